The number of aryl methyl sites for hydroxylation is 1. The summed E-state index contributed by atoms with van der Waals surface area (Å²) >= 11 is 0. The molecule has 0 radical (unpaired) electrons. The van der Waals surface area contributed by atoms with E-state index < -0.39 is 50.8 Å². The van der Waals surface area contributed by atoms with E-state index in [0.29, 0.717) is 5.69 Å². The predicted molar refractivity (Wildman–Crippen MR) is 222 cm³/mol. The number of alkyl halides is 3. The summed E-state index contributed by atoms with van der Waals surface area (Å²) in [6, 6.07) is 14.2. The minimum absolute atomic E-state index is 0.0286. The van der Waals surface area contributed by atoms with Crippen molar-refractivity contribution in [2.24, 2.45) is 0 Å². The lowest BCUT2D eigenvalue weighted by Crippen LogP contribution is -2.32. The third-order valence-electron chi connectivity index (χ3n) is 6.79. The number of ether oxygens (including phenoxy) is 3. The van der Waals surface area contributed by atoms with Crippen molar-refractivity contribution in [3.63, 3.8) is 0 Å². The van der Waals surface area contributed by atoms with Gasteiger partial charge in [0.25, 0.3) is 11.4 Å². The van der Waals surface area contributed by atoms with Crippen LogP contribution in [0.15, 0.2) is 72.8 Å². The molecule has 0 fully saturated rings. The quantitative estimate of drug-likeness (QED) is 0.0401. The maximum absolute atomic E-state index is 13.4. The van der Waals surface area contributed by atoms with Gasteiger partial charge in [0.2, 0.25) is 0 Å². The molecule has 0 atom stereocenters. The monoisotopic (exact) mass is 868 g/mol. The number of nitro groups is 2. The van der Waals surface area contributed by atoms with E-state index in [2.05, 4.69) is 34.3 Å². The number of phenolic OH excluding ortho intramolecular Hbond substituents is 1. The summed E-state index contributed by atoms with van der Waals surface area (Å²) in [5.74, 6) is 9.44. The molecule has 2 amide bonds. The van der Waals surface area contributed by atoms with Crippen LogP contribution in [0.3, 0.4) is 0 Å². The third-order valence-corrected chi connectivity index (χ3v) is 6.79. The number of nitrogen functional groups attached to an aromatic ring is 2. The fourth-order valence-electron chi connectivity index (χ4n) is 4.44. The van der Waals surface area contributed by atoms with Crippen molar-refractivity contribution in [3.8, 4) is 40.9 Å². The number of nitrogens with two attached hydrogens (primary N) is 2. The summed E-state index contributed by atoms with van der Waals surface area (Å²) < 4.78 is 68.0. The Bertz CT molecular complexity index is 2340. The molecule has 16 nitrogen and oxygen atoms in total. The molecule has 0 aliphatic carbocycles. The smallest absolute Gasteiger partial charge is 0.416 e. The molecule has 0 heterocycles. The van der Waals surface area contributed by atoms with Crippen LogP contribution >= 0.6 is 0 Å². The zero-order valence-electron chi connectivity index (χ0n) is 34.5. The number of hydrogen-bond acceptors (Lipinski definition) is 12. The molecule has 0 bridgehead atoms. The Labute approximate surface area is 353 Å². The lowest BCUT2D eigenvalue weighted by atomic mass is 10.1. The fourth-order valence-corrected chi connectivity index (χ4v) is 4.44. The van der Waals surface area contributed by atoms with Gasteiger partial charge in [-0.15, -0.1) is 0 Å². The lowest BCUT2D eigenvalue weighted by molar-refractivity contribution is -0.385. The largest absolute Gasteiger partial charge is 0.508 e. The highest BCUT2D eigenvalue weighted by Crippen LogP contribution is 2.36. The molecule has 0 saturated carbocycles. The van der Waals surface area contributed by atoms with Crippen molar-refractivity contribution in [1.82, 2.24) is 10.6 Å². The Morgan fingerprint density at radius 2 is 1.21 bits per heavy atom. The summed E-state index contributed by atoms with van der Waals surface area (Å²) in [7, 11) is 0. The molecule has 20 heteroatoms. The second-order valence-electron chi connectivity index (χ2n) is 14.7. The topological polar surface area (TPSA) is 244 Å². The van der Waals surface area contributed by atoms with E-state index in [0.717, 1.165) is 48.0 Å². The number of halogens is 4. The van der Waals surface area contributed by atoms with Gasteiger partial charge in [0, 0.05) is 47.8 Å². The van der Waals surface area contributed by atoms with E-state index in [1.807, 2.05) is 6.92 Å². The molecule has 0 aromatic heterocycles. The van der Waals surface area contributed by atoms with Gasteiger partial charge in [-0.25, -0.2) is 14.0 Å². The lowest BCUT2D eigenvalue weighted by Gasteiger charge is -2.19. The van der Waals surface area contributed by atoms with Crippen molar-refractivity contribution in [2.45, 2.75) is 65.8 Å². The first-order chi connectivity index (χ1) is 28.6. The number of carbonyl (C=O) groups is 2. The van der Waals surface area contributed by atoms with Gasteiger partial charge in [-0.2, -0.15) is 13.2 Å². The number of phenols is 1. The van der Waals surface area contributed by atoms with E-state index in [9.17, 15) is 47.4 Å². The third kappa shape index (κ3) is 19.3. The van der Waals surface area contributed by atoms with Crippen molar-refractivity contribution in [3.05, 3.63) is 121 Å². The van der Waals surface area contributed by atoms with Crippen molar-refractivity contribution < 1.29 is 56.3 Å². The fraction of sp³-hybridized carbons (Fsp3) is 0.286. The molecule has 4 aromatic carbocycles. The van der Waals surface area contributed by atoms with E-state index in [-0.39, 0.29) is 58.5 Å². The van der Waals surface area contributed by atoms with Crippen LogP contribution in [0.4, 0.5) is 49.9 Å². The molecule has 4 rings (SSSR count). The van der Waals surface area contributed by atoms with E-state index in [4.69, 9.17) is 30.8 Å². The predicted octanol–water partition coefficient (Wildman–Crippen LogP) is 8.76. The van der Waals surface area contributed by atoms with Crippen LogP contribution in [0, 0.1) is 56.7 Å². The maximum atomic E-state index is 13.4. The average molecular weight is 869 g/mol. The molecule has 0 unspecified atom stereocenters. The van der Waals surface area contributed by atoms with Gasteiger partial charge in [0.05, 0.1) is 39.6 Å². The molecule has 0 aliphatic rings. The molecular formula is C42H44F4N6O10. The molecule has 0 saturated heterocycles. The second-order valence-corrected chi connectivity index (χ2v) is 14.7. The Balaban J connectivity index is 0.000000374. The zero-order chi connectivity index (χ0) is 47.0. The van der Waals surface area contributed by atoms with Gasteiger partial charge in [0.1, 0.15) is 34.3 Å². The zero-order valence-corrected chi connectivity index (χ0v) is 34.5. The molecule has 7 N–H and O–H groups in total. The average Bonchev–Trinajstić information content (AvgIpc) is 3.11. The summed E-state index contributed by atoms with van der Waals surface area (Å²) in [5.41, 5.74) is 9.38. The van der Waals surface area contributed by atoms with Crippen LogP contribution in [0.5, 0.6) is 17.2 Å². The van der Waals surface area contributed by atoms with Gasteiger partial charge in [0.15, 0.2) is 0 Å². The summed E-state index contributed by atoms with van der Waals surface area (Å²) in [4.78, 5) is 43.3. The summed E-state index contributed by atoms with van der Waals surface area (Å²) in [6.45, 7) is 11.9. The van der Waals surface area contributed by atoms with Gasteiger partial charge >= 0.3 is 18.4 Å². The van der Waals surface area contributed by atoms with Crippen molar-refractivity contribution >= 4 is 34.9 Å². The molecule has 62 heavy (non-hydrogen) atoms. The molecule has 0 aliphatic heterocycles. The standard InChI is InChI=1S/C21H20F3N3O5.C14H15FN2O4.C7H9NO/c1-20(2,3)32-19(28)26-8-4-5-13-9-16(27(29)30)6-7-18(13)31-17-11-14(21(22,23)24)10-15(25)12-17;1-14(2,3)21-13(18)16-8-4-5-10-9-11(17(19)20)6-7-12(10)15;1-5-2-6(8)4-7(9)3-5/h6-7,9-12H,8,25H2,1-3H3,(H,26,28);6-7,9H,8H2,1-3H3,(H,16,18);2-4,9H,8H2,1H3. The van der Waals surface area contributed by atoms with Gasteiger partial charge in [-0.1, -0.05) is 23.7 Å². The number of non-ortho nitro benzene ring substituents is 2. The number of nitrogens with zero attached hydrogens (tertiary/aromatic N) is 2. The number of rotatable bonds is 6. The van der Waals surface area contributed by atoms with E-state index >= 15 is 0 Å². The van der Waals surface area contributed by atoms with Crippen LogP contribution in [-0.2, 0) is 15.7 Å². The van der Waals surface area contributed by atoms with Gasteiger partial charge in [-0.3, -0.25) is 20.2 Å². The molecule has 330 valence electrons. The first-order valence-electron chi connectivity index (χ1n) is 18.0. The second kappa shape index (κ2) is 22.0. The molecular weight excluding hydrogens is 824 g/mol. The minimum atomic E-state index is -4.64. The minimum Gasteiger partial charge on any atom is -0.508 e. The number of carbonyl (C=O) groups excluding carboxylic acids is 2. The van der Waals surface area contributed by atoms with E-state index in [1.165, 1.54) is 18.2 Å². The first kappa shape index (κ1) is 50.4. The SMILES string of the molecule is CC(C)(C)OC(=O)NCC#Cc1cc([N+](=O)[O-])ccc1F.CC(C)(C)OC(=O)NCC#Cc1cc([N+](=O)[O-])ccc1Oc1cc(N)cc(C(F)(F)F)c1.Cc1cc(N)cc(O)c1. The van der Waals surface area contributed by atoms with Crippen LogP contribution in [0.2, 0.25) is 0 Å². The van der Waals surface area contributed by atoms with Crippen LogP contribution < -0.4 is 26.8 Å². The maximum Gasteiger partial charge on any atom is 0.416 e. The number of benzene rings is 4. The summed E-state index contributed by atoms with van der Waals surface area (Å²) in [6.07, 6.45) is -5.99. The van der Waals surface area contributed by atoms with Crippen LogP contribution in [0.1, 0.15) is 63.8 Å². The normalized spacial score (nSPS) is 10.6. The molecule has 4 aromatic rings. The Kier molecular flexibility index (Phi) is 17.9. The highest BCUT2D eigenvalue weighted by molar-refractivity contribution is 5.68. The van der Waals surface area contributed by atoms with Crippen molar-refractivity contribution in [1.29, 1.82) is 0 Å². The molecule has 0 spiro atoms. The number of aromatic hydroxyl groups is 1. The van der Waals surface area contributed by atoms with Crippen LogP contribution in [-0.4, -0.2) is 51.4 Å². The number of alkyl carbamates (subject to hydrolysis) is 2. The Hall–Kier alpha value is -7.74. The van der Waals surface area contributed by atoms with E-state index in [1.54, 1.807) is 53.7 Å². The van der Waals surface area contributed by atoms with Crippen LogP contribution in [0.25, 0.3) is 0 Å². The number of nitro benzene ring substituents is 2. The number of nitrogens with one attached hydrogen (secondary N) is 2. The highest BCUT2D eigenvalue weighted by atomic mass is 19.4. The Morgan fingerprint density at radius 3 is 1.68 bits per heavy atom. The van der Waals surface area contributed by atoms with Crippen molar-refractivity contribution in [2.75, 3.05) is 24.6 Å². The number of anilines is 2. The Morgan fingerprint density at radius 1 is 0.726 bits per heavy atom. The number of amides is 2. The first-order valence-corrected chi connectivity index (χ1v) is 18.0. The number of hydrogen-bond donors (Lipinski definition) is 5. The van der Waals surface area contributed by atoms with Gasteiger partial charge < -0.3 is 41.4 Å². The van der Waals surface area contributed by atoms with Gasteiger partial charge in [-0.05, 0) is 90.4 Å². The summed E-state index contributed by atoms with van der Waals surface area (Å²) in [5, 5.41) is 35.3. The highest BCUT2D eigenvalue weighted by Gasteiger charge is 2.31.